The van der Waals surface area contributed by atoms with Gasteiger partial charge in [0.2, 0.25) is 0 Å². The van der Waals surface area contributed by atoms with Crippen LogP contribution in [0.5, 0.6) is 0 Å². The van der Waals surface area contributed by atoms with Gasteiger partial charge < -0.3 is 15.9 Å². The fourth-order valence-corrected chi connectivity index (χ4v) is 1.64. The molecule has 2 aromatic rings. The Bertz CT molecular complexity index is 609. The molecule has 0 bridgehead atoms. The minimum atomic E-state index is -1.60. The molecule has 1 heterocycles. The highest BCUT2D eigenvalue weighted by atomic mass is 16.4. The van der Waals surface area contributed by atoms with E-state index < -0.39 is 24.0 Å². The van der Waals surface area contributed by atoms with Crippen molar-refractivity contribution in [2.24, 2.45) is 5.73 Å². The molecule has 0 aliphatic heterocycles. The average molecular weight is 250 g/mol. The van der Waals surface area contributed by atoms with Crippen molar-refractivity contribution in [3.8, 4) is 0 Å². The van der Waals surface area contributed by atoms with E-state index in [9.17, 15) is 9.59 Å². The lowest BCUT2D eigenvalue weighted by Crippen LogP contribution is -2.43. The summed E-state index contributed by atoms with van der Waals surface area (Å²) in [4.78, 5) is 22.0. The molecular formula is C10H10N4O4. The maximum Gasteiger partial charge on any atom is 0.330 e. The number of nitrogens with two attached hydrogens (primary N) is 1. The van der Waals surface area contributed by atoms with E-state index in [-0.39, 0.29) is 0 Å². The zero-order chi connectivity index (χ0) is 13.3. The summed E-state index contributed by atoms with van der Waals surface area (Å²) in [5.41, 5.74) is 6.27. The standard InChI is InChI=1S/C10H10N4O4/c11-7(9(15)16)8(10(17)18)14-6-4-2-1-3-5(6)12-13-14/h1-4,7-8H,11H2,(H,15,16)(H,17,18). The van der Waals surface area contributed by atoms with Crippen LogP contribution in [0.3, 0.4) is 0 Å². The molecule has 1 aromatic heterocycles. The third-order valence-electron chi connectivity index (χ3n) is 2.52. The van der Waals surface area contributed by atoms with Gasteiger partial charge in [-0.05, 0) is 12.1 Å². The first kappa shape index (κ1) is 12.0. The molecule has 94 valence electrons. The van der Waals surface area contributed by atoms with E-state index in [1.54, 1.807) is 24.3 Å². The molecule has 0 saturated heterocycles. The zero-order valence-corrected chi connectivity index (χ0v) is 9.09. The van der Waals surface area contributed by atoms with Crippen molar-refractivity contribution < 1.29 is 19.8 Å². The van der Waals surface area contributed by atoms with Gasteiger partial charge in [0.15, 0.2) is 6.04 Å². The van der Waals surface area contributed by atoms with Gasteiger partial charge in [-0.15, -0.1) is 5.10 Å². The van der Waals surface area contributed by atoms with Crippen LogP contribution in [0.1, 0.15) is 6.04 Å². The molecule has 0 aliphatic carbocycles. The van der Waals surface area contributed by atoms with Crippen LogP contribution >= 0.6 is 0 Å². The molecule has 18 heavy (non-hydrogen) atoms. The van der Waals surface area contributed by atoms with Gasteiger partial charge >= 0.3 is 11.9 Å². The number of benzene rings is 1. The van der Waals surface area contributed by atoms with Gasteiger partial charge in [0.25, 0.3) is 0 Å². The third-order valence-corrected chi connectivity index (χ3v) is 2.52. The Morgan fingerprint density at radius 1 is 1.22 bits per heavy atom. The molecule has 8 heteroatoms. The molecule has 8 nitrogen and oxygen atoms in total. The Morgan fingerprint density at radius 2 is 1.89 bits per heavy atom. The highest BCUT2D eigenvalue weighted by Gasteiger charge is 2.34. The SMILES string of the molecule is NC(C(=O)O)C(C(=O)O)n1nnc2ccccc21. The fourth-order valence-electron chi connectivity index (χ4n) is 1.64. The van der Waals surface area contributed by atoms with Crippen molar-refractivity contribution in [1.82, 2.24) is 15.0 Å². The molecule has 1 aromatic carbocycles. The van der Waals surface area contributed by atoms with E-state index in [2.05, 4.69) is 10.3 Å². The molecule has 0 saturated carbocycles. The smallest absolute Gasteiger partial charge is 0.330 e. The summed E-state index contributed by atoms with van der Waals surface area (Å²) >= 11 is 0. The number of hydrogen-bond donors (Lipinski definition) is 3. The average Bonchev–Trinajstić information content (AvgIpc) is 2.73. The maximum absolute atomic E-state index is 11.2. The number of rotatable bonds is 4. The van der Waals surface area contributed by atoms with Gasteiger partial charge in [-0.2, -0.15) is 0 Å². The highest BCUT2D eigenvalue weighted by molar-refractivity contribution is 5.85. The third kappa shape index (κ3) is 1.89. The first-order valence-corrected chi connectivity index (χ1v) is 5.03. The summed E-state index contributed by atoms with van der Waals surface area (Å²) in [7, 11) is 0. The molecular weight excluding hydrogens is 240 g/mol. The predicted molar refractivity (Wildman–Crippen MR) is 59.8 cm³/mol. The minimum absolute atomic E-state index is 0.418. The molecule has 2 rings (SSSR count). The van der Waals surface area contributed by atoms with Gasteiger partial charge in [0, 0.05) is 0 Å². The van der Waals surface area contributed by atoms with Crippen molar-refractivity contribution in [3.05, 3.63) is 24.3 Å². The van der Waals surface area contributed by atoms with Gasteiger partial charge in [-0.1, -0.05) is 17.3 Å². The number of carboxylic acids is 2. The Morgan fingerprint density at radius 3 is 2.50 bits per heavy atom. The molecule has 2 atom stereocenters. The van der Waals surface area contributed by atoms with Crippen LogP contribution in [0.25, 0.3) is 11.0 Å². The minimum Gasteiger partial charge on any atom is -0.480 e. The van der Waals surface area contributed by atoms with E-state index in [0.717, 1.165) is 4.68 Å². The predicted octanol–water partition coefficient (Wildman–Crippen LogP) is -0.531. The quantitative estimate of drug-likeness (QED) is 0.664. The summed E-state index contributed by atoms with van der Waals surface area (Å²) in [6.07, 6.45) is 0. The van der Waals surface area contributed by atoms with Gasteiger partial charge in [0.1, 0.15) is 11.6 Å². The summed E-state index contributed by atoms with van der Waals surface area (Å²) < 4.78 is 1.01. The number of para-hydroxylation sites is 1. The van der Waals surface area contributed by atoms with Gasteiger partial charge in [-0.3, -0.25) is 4.79 Å². The Labute approximate surface area is 101 Å². The molecule has 0 spiro atoms. The zero-order valence-electron chi connectivity index (χ0n) is 9.09. The fraction of sp³-hybridized carbons (Fsp3) is 0.200. The van der Waals surface area contributed by atoms with Crippen molar-refractivity contribution in [1.29, 1.82) is 0 Å². The molecule has 0 aliphatic rings. The molecule has 0 radical (unpaired) electrons. The summed E-state index contributed by atoms with van der Waals surface area (Å²) in [6, 6.07) is 3.52. The van der Waals surface area contributed by atoms with Crippen molar-refractivity contribution >= 4 is 23.0 Å². The lowest BCUT2D eigenvalue weighted by molar-refractivity contribution is -0.149. The molecule has 2 unspecified atom stereocenters. The van der Waals surface area contributed by atoms with E-state index in [1.165, 1.54) is 0 Å². The van der Waals surface area contributed by atoms with Crippen LogP contribution in [-0.4, -0.2) is 43.2 Å². The second-order valence-electron chi connectivity index (χ2n) is 3.67. The molecule has 0 amide bonds. The normalized spacial score (nSPS) is 14.3. The lowest BCUT2D eigenvalue weighted by atomic mass is 10.1. The monoisotopic (exact) mass is 250 g/mol. The number of hydrogen-bond acceptors (Lipinski definition) is 5. The Balaban J connectivity index is 2.55. The van der Waals surface area contributed by atoms with Crippen LogP contribution in [0.15, 0.2) is 24.3 Å². The number of nitrogens with zero attached hydrogens (tertiary/aromatic N) is 3. The van der Waals surface area contributed by atoms with E-state index >= 15 is 0 Å². The number of aromatic nitrogens is 3. The van der Waals surface area contributed by atoms with Crippen LogP contribution in [-0.2, 0) is 9.59 Å². The lowest BCUT2D eigenvalue weighted by Gasteiger charge is -2.16. The number of fused-ring (bicyclic) bond motifs is 1. The van der Waals surface area contributed by atoms with E-state index in [4.69, 9.17) is 15.9 Å². The highest BCUT2D eigenvalue weighted by Crippen LogP contribution is 2.17. The van der Waals surface area contributed by atoms with Crippen LogP contribution in [0, 0.1) is 0 Å². The molecule has 0 fully saturated rings. The van der Waals surface area contributed by atoms with E-state index in [0.29, 0.717) is 11.0 Å². The number of carbonyl (C=O) groups is 2. The number of carboxylic acid groups (broad SMARTS) is 2. The number of aliphatic carboxylic acids is 2. The van der Waals surface area contributed by atoms with Crippen molar-refractivity contribution in [2.75, 3.05) is 0 Å². The summed E-state index contributed by atoms with van der Waals surface area (Å²) in [5.74, 6) is -2.79. The topological polar surface area (TPSA) is 131 Å². The second kappa shape index (κ2) is 4.41. The summed E-state index contributed by atoms with van der Waals surface area (Å²) in [6.45, 7) is 0. The first-order chi connectivity index (χ1) is 8.52. The van der Waals surface area contributed by atoms with E-state index in [1.807, 2.05) is 0 Å². The second-order valence-corrected chi connectivity index (χ2v) is 3.67. The Hall–Kier alpha value is -2.48. The van der Waals surface area contributed by atoms with Crippen LogP contribution < -0.4 is 5.73 Å². The van der Waals surface area contributed by atoms with Crippen molar-refractivity contribution in [3.63, 3.8) is 0 Å². The first-order valence-electron chi connectivity index (χ1n) is 5.03. The van der Waals surface area contributed by atoms with Gasteiger partial charge in [0.05, 0.1) is 5.52 Å². The Kier molecular flexibility index (Phi) is 2.94. The van der Waals surface area contributed by atoms with Crippen LogP contribution in [0.4, 0.5) is 0 Å². The summed E-state index contributed by atoms with van der Waals surface area (Å²) in [5, 5.41) is 25.3. The molecule has 4 N–H and O–H groups in total. The van der Waals surface area contributed by atoms with Gasteiger partial charge in [-0.25, -0.2) is 9.48 Å². The van der Waals surface area contributed by atoms with Crippen LogP contribution in [0.2, 0.25) is 0 Å². The maximum atomic E-state index is 11.2. The largest absolute Gasteiger partial charge is 0.480 e. The van der Waals surface area contributed by atoms with Crippen molar-refractivity contribution in [2.45, 2.75) is 12.1 Å².